The van der Waals surface area contributed by atoms with E-state index in [1.165, 1.54) is 19.3 Å². The van der Waals surface area contributed by atoms with Crippen LogP contribution in [0.1, 0.15) is 181 Å². The third kappa shape index (κ3) is 43.3. The summed E-state index contributed by atoms with van der Waals surface area (Å²) in [4.78, 5) is 46.0. The topological polar surface area (TPSA) is 169 Å². The van der Waals surface area contributed by atoms with Crippen LogP contribution in [0.5, 0.6) is 0 Å². The predicted octanol–water partition coefficient (Wildman–Crippen LogP) is 12.7. The van der Waals surface area contributed by atoms with E-state index in [9.17, 15) is 34.1 Å². The van der Waals surface area contributed by atoms with Crippen LogP contribution in [0.2, 0.25) is 0 Å². The Morgan fingerprint density at radius 3 is 1.40 bits per heavy atom. The number of allylic oxidation sites excluding steroid dienone is 14. The molecule has 0 aliphatic carbocycles. The van der Waals surface area contributed by atoms with Gasteiger partial charge in [0.25, 0.3) is 0 Å². The highest BCUT2D eigenvalue weighted by Crippen LogP contribution is 2.43. The molecule has 62 heavy (non-hydrogen) atoms. The second-order valence-electron chi connectivity index (χ2n) is 15.6. The van der Waals surface area contributed by atoms with Crippen LogP contribution >= 0.6 is 7.82 Å². The van der Waals surface area contributed by atoms with Gasteiger partial charge in [-0.15, -0.1) is 0 Å². The van der Waals surface area contributed by atoms with E-state index in [1.807, 2.05) is 0 Å². The number of phosphoric acid groups is 1. The number of aliphatic hydroxyl groups excluding tert-OH is 1. The Labute approximate surface area is 375 Å². The lowest BCUT2D eigenvalue weighted by Gasteiger charge is -2.18. The van der Waals surface area contributed by atoms with Crippen LogP contribution in [0, 0.1) is 0 Å². The fourth-order valence-electron chi connectivity index (χ4n) is 6.02. The van der Waals surface area contributed by atoms with Gasteiger partial charge in [-0.2, -0.15) is 0 Å². The van der Waals surface area contributed by atoms with Gasteiger partial charge in [-0.3, -0.25) is 18.6 Å². The quantitative estimate of drug-likeness (QED) is 0.0200. The van der Waals surface area contributed by atoms with E-state index in [0.29, 0.717) is 12.8 Å². The average molecular weight is 890 g/mol. The molecule has 0 aromatic heterocycles. The van der Waals surface area contributed by atoms with Crippen LogP contribution in [-0.2, 0) is 32.7 Å². The van der Waals surface area contributed by atoms with Gasteiger partial charge in [0.15, 0.2) is 6.04 Å². The van der Waals surface area contributed by atoms with E-state index < -0.39 is 57.6 Å². The maximum atomic E-state index is 12.4. The molecule has 0 radical (unpaired) electrons. The van der Waals surface area contributed by atoms with Crippen molar-refractivity contribution >= 4 is 25.7 Å². The molecular weight excluding hydrogens is 806 g/mol. The number of carboxylic acid groups (broad SMARTS) is 1. The lowest BCUT2D eigenvalue weighted by atomic mass is 10.1. The van der Waals surface area contributed by atoms with Crippen LogP contribution in [0.25, 0.3) is 0 Å². The number of amides is 1. The van der Waals surface area contributed by atoms with Gasteiger partial charge in [-0.25, -0.2) is 9.36 Å². The van der Waals surface area contributed by atoms with Crippen LogP contribution in [0.4, 0.5) is 0 Å². The maximum Gasteiger partial charge on any atom is 0.472 e. The number of ether oxygens (including phenoxy) is 1. The van der Waals surface area contributed by atoms with Gasteiger partial charge in [0.05, 0.1) is 13.2 Å². The Hall–Kier alpha value is -3.34. The average Bonchev–Trinajstić information content (AvgIpc) is 3.25. The van der Waals surface area contributed by atoms with E-state index in [4.69, 9.17) is 13.8 Å². The molecule has 4 N–H and O–H groups in total. The summed E-state index contributed by atoms with van der Waals surface area (Å²) in [6.45, 7) is 2.43. The molecule has 0 saturated carbocycles. The summed E-state index contributed by atoms with van der Waals surface area (Å²) in [6.07, 6.45) is 54.5. The zero-order valence-corrected chi connectivity index (χ0v) is 39.3. The Bertz CT molecular complexity index is 1370. The first-order valence-electron chi connectivity index (χ1n) is 23.6. The molecule has 0 saturated heterocycles. The van der Waals surface area contributed by atoms with Crippen molar-refractivity contribution in [3.05, 3.63) is 85.1 Å². The van der Waals surface area contributed by atoms with Gasteiger partial charge in [0.2, 0.25) is 5.91 Å². The number of nitrogens with one attached hydrogen (secondary N) is 1. The molecule has 0 aliphatic heterocycles. The molecule has 0 bridgehead atoms. The number of phosphoric ester groups is 1. The normalized spacial score (nSPS) is 14.4. The zero-order valence-electron chi connectivity index (χ0n) is 38.4. The van der Waals surface area contributed by atoms with Gasteiger partial charge >= 0.3 is 19.8 Å². The maximum absolute atomic E-state index is 12.4. The van der Waals surface area contributed by atoms with Gasteiger partial charge in [0, 0.05) is 12.8 Å². The second-order valence-corrected chi connectivity index (χ2v) is 17.0. The molecular formula is C50H84NO10P. The van der Waals surface area contributed by atoms with Crippen LogP contribution in [0.3, 0.4) is 0 Å². The first kappa shape index (κ1) is 58.7. The van der Waals surface area contributed by atoms with Gasteiger partial charge < -0.3 is 25.2 Å². The molecule has 0 aromatic carbocycles. The second kappa shape index (κ2) is 44.3. The summed E-state index contributed by atoms with van der Waals surface area (Å²) in [5.74, 6) is -2.41. The number of hydrogen-bond acceptors (Lipinski definition) is 8. The smallest absolute Gasteiger partial charge is 0.472 e. The Morgan fingerprint density at radius 1 is 0.532 bits per heavy atom. The SMILES string of the molecule is CC/C=C\C/C=C\C/C=C\C/C=C\C/C=C\CCCCCCCCCC(=O)NC(COP(=O)(O)OCC(O)COC(=O)CCCCCCC/C=C\C/C=C\CCCCC)C(=O)O. The third-order valence-corrected chi connectivity index (χ3v) is 10.6. The fourth-order valence-corrected chi connectivity index (χ4v) is 6.79. The number of rotatable bonds is 43. The standard InChI is InChI=1S/C50H84NO10P/c1-3-5-7-9-11-13-15-17-19-20-21-22-23-24-25-26-28-29-31-33-35-37-39-41-48(53)51-47(50(55)56)45-61-62(57,58)60-44-46(52)43-59-49(54)42-40-38-36-34-32-30-27-18-16-14-12-10-8-6-4-2/h5,7,11-14,17-19,21-22,24-25,27,46-47,52H,3-4,6,8-10,15-16,20,23,26,28-45H2,1-2H3,(H,51,53)(H,55,56)(H,57,58)/b7-5-,13-11-,14-12-,19-17-,22-21-,25-24-,27-18-. The highest BCUT2D eigenvalue weighted by molar-refractivity contribution is 7.47. The first-order chi connectivity index (χ1) is 30.1. The van der Waals surface area contributed by atoms with E-state index in [0.717, 1.165) is 122 Å². The fraction of sp³-hybridized carbons (Fsp3) is 0.660. The molecule has 0 rings (SSSR count). The summed E-state index contributed by atoms with van der Waals surface area (Å²) in [5, 5.41) is 21.9. The van der Waals surface area contributed by atoms with Crippen LogP contribution in [-0.4, -0.2) is 64.9 Å². The number of aliphatic carboxylic acids is 1. The molecule has 0 aliphatic rings. The van der Waals surface area contributed by atoms with Crippen LogP contribution < -0.4 is 5.32 Å². The Kier molecular flexibility index (Phi) is 41.9. The van der Waals surface area contributed by atoms with E-state index in [-0.39, 0.29) is 12.8 Å². The third-order valence-electron chi connectivity index (χ3n) is 9.67. The number of unbranched alkanes of at least 4 members (excludes halogenated alkanes) is 15. The highest BCUT2D eigenvalue weighted by Gasteiger charge is 2.28. The molecule has 354 valence electrons. The number of carbonyl (C=O) groups is 3. The molecule has 1 amide bonds. The molecule has 11 nitrogen and oxygen atoms in total. The van der Waals surface area contributed by atoms with Crippen LogP contribution in [0.15, 0.2) is 85.1 Å². The highest BCUT2D eigenvalue weighted by atomic mass is 31.2. The number of carboxylic acids is 1. The minimum Gasteiger partial charge on any atom is -0.480 e. The Morgan fingerprint density at radius 2 is 0.935 bits per heavy atom. The number of carbonyl (C=O) groups excluding carboxylic acids is 2. The molecule has 3 atom stereocenters. The minimum atomic E-state index is -4.77. The van der Waals surface area contributed by atoms with Crippen molar-refractivity contribution in [3.63, 3.8) is 0 Å². The summed E-state index contributed by atoms with van der Waals surface area (Å²) >= 11 is 0. The summed E-state index contributed by atoms with van der Waals surface area (Å²) in [7, 11) is -4.77. The van der Waals surface area contributed by atoms with Crippen molar-refractivity contribution in [2.45, 2.75) is 193 Å². The Balaban J connectivity index is 3.93. The van der Waals surface area contributed by atoms with Gasteiger partial charge in [-0.1, -0.05) is 163 Å². The summed E-state index contributed by atoms with van der Waals surface area (Å²) < 4.78 is 26.9. The number of aliphatic hydroxyl groups is 1. The zero-order chi connectivity index (χ0) is 45.6. The molecule has 0 aromatic rings. The molecule has 12 heteroatoms. The summed E-state index contributed by atoms with van der Waals surface area (Å²) in [6, 6.07) is -1.56. The van der Waals surface area contributed by atoms with Crippen molar-refractivity contribution in [2.24, 2.45) is 0 Å². The minimum absolute atomic E-state index is 0.127. The van der Waals surface area contributed by atoms with Crippen molar-refractivity contribution < 1.29 is 47.8 Å². The number of hydrogen-bond donors (Lipinski definition) is 4. The van der Waals surface area contributed by atoms with Crippen molar-refractivity contribution in [1.29, 1.82) is 0 Å². The van der Waals surface area contributed by atoms with Crippen molar-refractivity contribution in [1.82, 2.24) is 5.32 Å². The molecule has 0 spiro atoms. The monoisotopic (exact) mass is 890 g/mol. The largest absolute Gasteiger partial charge is 0.480 e. The number of esters is 1. The van der Waals surface area contributed by atoms with E-state index >= 15 is 0 Å². The lowest BCUT2D eigenvalue weighted by molar-refractivity contribution is -0.147. The van der Waals surface area contributed by atoms with E-state index in [1.54, 1.807) is 0 Å². The van der Waals surface area contributed by atoms with Gasteiger partial charge in [-0.05, 0) is 89.9 Å². The van der Waals surface area contributed by atoms with Gasteiger partial charge in [0.1, 0.15) is 12.7 Å². The van der Waals surface area contributed by atoms with Crippen molar-refractivity contribution in [3.8, 4) is 0 Å². The molecule has 0 heterocycles. The molecule has 3 unspecified atom stereocenters. The van der Waals surface area contributed by atoms with E-state index in [2.05, 4.69) is 104 Å². The molecule has 0 fully saturated rings. The first-order valence-corrected chi connectivity index (χ1v) is 25.1. The predicted molar refractivity (Wildman–Crippen MR) is 254 cm³/mol. The summed E-state index contributed by atoms with van der Waals surface area (Å²) in [5.41, 5.74) is 0. The lowest BCUT2D eigenvalue weighted by Crippen LogP contribution is -2.43. The van der Waals surface area contributed by atoms with Crippen molar-refractivity contribution in [2.75, 3.05) is 19.8 Å².